The number of rotatable bonds is 24. The molecule has 0 radical (unpaired) electrons. The number of nitrogens with two attached hydrogens (primary N) is 1. The van der Waals surface area contributed by atoms with Crippen LogP contribution in [0.25, 0.3) is 0 Å². The number of nitrogens with one attached hydrogen (secondary N) is 1. The minimum atomic E-state index is -0.803. The van der Waals surface area contributed by atoms with Gasteiger partial charge < -0.3 is 30.4 Å². The fourth-order valence-electron chi connectivity index (χ4n) is 6.45. The van der Waals surface area contributed by atoms with Crippen molar-refractivity contribution in [3.05, 3.63) is 35.7 Å². The number of carbonyl (C=O) groups is 1. The van der Waals surface area contributed by atoms with Crippen LogP contribution in [0.15, 0.2) is 24.4 Å². The van der Waals surface area contributed by atoms with Crippen LogP contribution in [0, 0.1) is 29.1 Å². The van der Waals surface area contributed by atoms with Gasteiger partial charge in [0.2, 0.25) is 5.91 Å². The highest BCUT2D eigenvalue weighted by molar-refractivity contribution is 5.79. The van der Waals surface area contributed by atoms with Gasteiger partial charge in [-0.15, -0.1) is 5.10 Å². The maximum absolute atomic E-state index is 13.5. The van der Waals surface area contributed by atoms with Crippen molar-refractivity contribution in [1.82, 2.24) is 25.2 Å². The van der Waals surface area contributed by atoms with Crippen LogP contribution < -0.4 is 20.5 Å². The summed E-state index contributed by atoms with van der Waals surface area (Å²) in [6.45, 7) is 24.4. The highest BCUT2D eigenvalue weighted by Crippen LogP contribution is 2.32. The zero-order valence-corrected chi connectivity index (χ0v) is 33.2. The van der Waals surface area contributed by atoms with Gasteiger partial charge in [0.15, 0.2) is 11.5 Å². The summed E-state index contributed by atoms with van der Waals surface area (Å²) in [5, 5.41) is 23.3. The molecule has 50 heavy (non-hydrogen) atoms. The molecule has 11 nitrogen and oxygen atoms in total. The van der Waals surface area contributed by atoms with Gasteiger partial charge in [-0.2, -0.15) is 0 Å². The van der Waals surface area contributed by atoms with Crippen molar-refractivity contribution in [1.29, 1.82) is 0 Å². The predicted octanol–water partition coefficient (Wildman–Crippen LogP) is 5.72. The molecule has 286 valence electrons. The van der Waals surface area contributed by atoms with Crippen molar-refractivity contribution in [3.8, 4) is 11.5 Å². The summed E-state index contributed by atoms with van der Waals surface area (Å²) in [4.78, 5) is 15.9. The van der Waals surface area contributed by atoms with Crippen LogP contribution in [0.2, 0.25) is 0 Å². The summed E-state index contributed by atoms with van der Waals surface area (Å²) in [6.07, 6.45) is 3.74. The maximum atomic E-state index is 13.5. The van der Waals surface area contributed by atoms with E-state index < -0.39 is 12.1 Å². The van der Waals surface area contributed by atoms with E-state index in [1.165, 1.54) is 0 Å². The van der Waals surface area contributed by atoms with Crippen molar-refractivity contribution in [2.24, 2.45) is 34.8 Å². The molecule has 0 aliphatic rings. The first-order valence-electron chi connectivity index (χ1n) is 18.6. The average molecular weight is 703 g/mol. The highest BCUT2D eigenvalue weighted by atomic mass is 16.5. The predicted molar refractivity (Wildman–Crippen MR) is 201 cm³/mol. The van der Waals surface area contributed by atoms with Gasteiger partial charge in [-0.05, 0) is 82.4 Å². The first kappa shape index (κ1) is 43.4. The molecule has 0 fully saturated rings. The summed E-state index contributed by atoms with van der Waals surface area (Å²) in [5.74, 6) is 1.62. The van der Waals surface area contributed by atoms with E-state index in [0.717, 1.165) is 30.6 Å². The molecule has 4 N–H and O–H groups in total. The molecule has 0 unspecified atom stereocenters. The number of aliphatic hydroxyl groups excluding tert-OH is 1. The van der Waals surface area contributed by atoms with E-state index in [4.69, 9.17) is 19.9 Å². The number of amides is 1. The number of carbonyl (C=O) groups excluding carboxylic acids is 1. The van der Waals surface area contributed by atoms with Gasteiger partial charge in [-0.25, -0.2) is 0 Å². The SMILES string of the molecule is COCCCOc1cc(C[C@@H](C[C@H](N)[C@@H](O)C[C@H](C(=O)NCC(C)(C)Cn2cc(CN(C(C)C)C(C)C)nn2)C(C)C)C(C)C)ccc1OC. The molecule has 1 aromatic heterocycles. The Balaban J connectivity index is 1.99. The van der Waals surface area contributed by atoms with Crippen molar-refractivity contribution in [2.45, 2.75) is 132 Å². The largest absolute Gasteiger partial charge is 0.493 e. The number of aromatic nitrogens is 3. The van der Waals surface area contributed by atoms with Crippen molar-refractivity contribution in [3.63, 3.8) is 0 Å². The Morgan fingerprint density at radius 3 is 2.26 bits per heavy atom. The molecule has 0 bridgehead atoms. The Morgan fingerprint density at radius 1 is 1.00 bits per heavy atom. The smallest absolute Gasteiger partial charge is 0.223 e. The summed E-state index contributed by atoms with van der Waals surface area (Å²) >= 11 is 0. The second-order valence-electron chi connectivity index (χ2n) is 16.1. The number of hydrogen-bond donors (Lipinski definition) is 3. The van der Waals surface area contributed by atoms with Crippen LogP contribution in [0.3, 0.4) is 0 Å². The van der Waals surface area contributed by atoms with Gasteiger partial charge >= 0.3 is 0 Å². The molecule has 0 saturated heterocycles. The normalized spacial score (nSPS) is 14.9. The van der Waals surface area contributed by atoms with Crippen LogP contribution >= 0.6 is 0 Å². The van der Waals surface area contributed by atoms with E-state index in [2.05, 4.69) is 82.0 Å². The van der Waals surface area contributed by atoms with E-state index >= 15 is 0 Å². The number of hydrogen-bond acceptors (Lipinski definition) is 9. The molecule has 0 saturated carbocycles. The summed E-state index contributed by atoms with van der Waals surface area (Å²) in [7, 11) is 3.32. The molecule has 11 heteroatoms. The highest BCUT2D eigenvalue weighted by Gasteiger charge is 2.31. The Morgan fingerprint density at radius 2 is 1.68 bits per heavy atom. The average Bonchev–Trinajstić information content (AvgIpc) is 3.48. The van der Waals surface area contributed by atoms with Crippen LogP contribution in [0.5, 0.6) is 11.5 Å². The van der Waals surface area contributed by atoms with E-state index in [1.807, 2.05) is 36.9 Å². The summed E-state index contributed by atoms with van der Waals surface area (Å²) in [6, 6.07) is 6.41. The van der Waals surface area contributed by atoms with Crippen molar-refractivity contribution in [2.75, 3.05) is 34.0 Å². The zero-order valence-electron chi connectivity index (χ0n) is 33.2. The van der Waals surface area contributed by atoms with Crippen molar-refractivity contribution < 1.29 is 24.1 Å². The monoisotopic (exact) mass is 703 g/mol. The zero-order chi connectivity index (χ0) is 37.6. The lowest BCUT2D eigenvalue weighted by atomic mass is 9.80. The Hall–Kier alpha value is -2.73. The lowest BCUT2D eigenvalue weighted by Gasteiger charge is -2.31. The van der Waals surface area contributed by atoms with Crippen molar-refractivity contribution >= 4 is 5.91 Å². The van der Waals surface area contributed by atoms with Gasteiger partial charge in [0.25, 0.3) is 0 Å². The van der Waals surface area contributed by atoms with Crippen LogP contribution in [-0.2, 0) is 29.0 Å². The molecule has 1 aromatic carbocycles. The molecule has 1 heterocycles. The minimum Gasteiger partial charge on any atom is -0.493 e. The van der Waals surface area contributed by atoms with Crippen LogP contribution in [-0.4, -0.2) is 89.1 Å². The number of benzene rings is 1. The third-order valence-corrected chi connectivity index (χ3v) is 9.71. The van der Waals surface area contributed by atoms with Crippen LogP contribution in [0.1, 0.15) is 99.8 Å². The van der Waals surface area contributed by atoms with E-state index in [1.54, 1.807) is 14.2 Å². The number of methoxy groups -OCH3 is 2. The molecular formula is C39H70N6O5. The van der Waals surface area contributed by atoms with Crippen LogP contribution in [0.4, 0.5) is 0 Å². The molecule has 4 atom stereocenters. The van der Waals surface area contributed by atoms with Gasteiger partial charge in [0.1, 0.15) is 0 Å². The lowest BCUT2D eigenvalue weighted by molar-refractivity contribution is -0.128. The fourth-order valence-corrected chi connectivity index (χ4v) is 6.45. The standard InChI is InChI=1S/C39H70N6O5/c1-26(2)31(18-30-14-15-36(49-12)37(19-30)50-17-13-16-48-11)20-34(40)35(46)21-33(27(3)4)38(47)41-24-39(9,10)25-44-22-32(42-43-44)23-45(28(5)6)29(7)8/h14-15,19,22,26-29,31,33-35,46H,13,16-18,20-21,23-25,40H2,1-12H3,(H,41,47)/t31-,33-,34-,35-/m0/s1. The first-order chi connectivity index (χ1) is 23.5. The van der Waals surface area contributed by atoms with Gasteiger partial charge in [-0.1, -0.05) is 52.8 Å². The van der Waals surface area contributed by atoms with Gasteiger partial charge in [0.05, 0.1) is 25.5 Å². The number of nitrogens with zero attached hydrogens (tertiary/aromatic N) is 4. The molecule has 0 spiro atoms. The molecular weight excluding hydrogens is 632 g/mol. The van der Waals surface area contributed by atoms with E-state index in [9.17, 15) is 9.90 Å². The maximum Gasteiger partial charge on any atom is 0.223 e. The van der Waals surface area contributed by atoms with E-state index in [-0.39, 0.29) is 29.1 Å². The Bertz CT molecular complexity index is 1260. The summed E-state index contributed by atoms with van der Waals surface area (Å²) < 4.78 is 18.5. The molecule has 1 amide bonds. The summed E-state index contributed by atoms with van der Waals surface area (Å²) in [5.41, 5.74) is 8.48. The molecule has 2 aromatic rings. The topological polar surface area (TPSA) is 137 Å². The second-order valence-corrected chi connectivity index (χ2v) is 16.1. The lowest BCUT2D eigenvalue weighted by Crippen LogP contribution is -2.44. The Kier molecular flexibility index (Phi) is 18.2. The van der Waals surface area contributed by atoms with Gasteiger partial charge in [0, 0.05) is 75.4 Å². The van der Waals surface area contributed by atoms with Gasteiger partial charge in [-0.3, -0.25) is 14.4 Å². The minimum absolute atomic E-state index is 0.0465. The number of ether oxygens (including phenoxy) is 3. The Labute approximate surface area is 303 Å². The van der Waals surface area contributed by atoms with E-state index in [0.29, 0.717) is 68.6 Å². The third kappa shape index (κ3) is 14.5. The third-order valence-electron chi connectivity index (χ3n) is 9.71. The number of aliphatic hydroxyl groups is 1. The molecule has 0 aliphatic carbocycles. The fraction of sp³-hybridized carbons (Fsp3) is 0.769. The quantitative estimate of drug-likeness (QED) is 0.117. The molecule has 0 aliphatic heterocycles. The first-order valence-corrected chi connectivity index (χ1v) is 18.6. The second kappa shape index (κ2) is 21.0. The molecule has 2 rings (SSSR count).